The van der Waals surface area contributed by atoms with E-state index in [0.717, 1.165) is 51.4 Å². The molecule has 3 fully saturated rings. The van der Waals surface area contributed by atoms with Crippen LogP contribution in [-0.4, -0.2) is 65.9 Å². The molecule has 2 atom stereocenters. The summed E-state index contributed by atoms with van der Waals surface area (Å²) < 4.78 is 10.7. The second kappa shape index (κ2) is 6.96. The maximum Gasteiger partial charge on any atom is 0.317 e. The molecule has 0 radical (unpaired) electrons. The van der Waals surface area contributed by atoms with E-state index in [4.69, 9.17) is 9.26 Å². The number of hydrogen-bond acceptors (Lipinski definition) is 5. The molecule has 0 unspecified atom stereocenters. The number of urea groups is 1. The Bertz CT molecular complexity index is 579. The topological polar surface area (TPSA) is 70.8 Å². The predicted molar refractivity (Wildman–Crippen MR) is 92.0 cm³/mol. The van der Waals surface area contributed by atoms with Crippen molar-refractivity contribution in [3.05, 3.63) is 18.0 Å². The molecule has 2 amide bonds. The zero-order valence-electron chi connectivity index (χ0n) is 14.9. The monoisotopic (exact) mass is 348 g/mol. The van der Waals surface area contributed by atoms with Gasteiger partial charge in [-0.15, -0.1) is 0 Å². The van der Waals surface area contributed by atoms with Gasteiger partial charge in [0.2, 0.25) is 0 Å². The third-order valence-electron chi connectivity index (χ3n) is 6.27. The van der Waals surface area contributed by atoms with Crippen LogP contribution in [0.5, 0.6) is 0 Å². The van der Waals surface area contributed by atoms with Gasteiger partial charge in [-0.05, 0) is 26.2 Å². The van der Waals surface area contributed by atoms with E-state index < -0.39 is 0 Å². The third kappa shape index (κ3) is 3.15. The molecule has 7 nitrogen and oxygen atoms in total. The lowest BCUT2D eigenvalue weighted by Crippen LogP contribution is -2.69. The van der Waals surface area contributed by atoms with Crippen LogP contribution in [0.4, 0.5) is 4.79 Å². The second-order valence-corrected chi connectivity index (χ2v) is 7.52. The summed E-state index contributed by atoms with van der Waals surface area (Å²) in [5.41, 5.74) is 1.17. The molecule has 138 valence electrons. The summed E-state index contributed by atoms with van der Waals surface area (Å²) in [5, 5.41) is 7.24. The number of ether oxygens (including phenoxy) is 1. The van der Waals surface area contributed by atoms with E-state index in [0.29, 0.717) is 12.1 Å². The van der Waals surface area contributed by atoms with Gasteiger partial charge in [0.1, 0.15) is 6.26 Å². The van der Waals surface area contributed by atoms with Crippen molar-refractivity contribution in [2.75, 3.05) is 32.8 Å². The van der Waals surface area contributed by atoms with E-state index in [1.807, 2.05) is 11.0 Å². The fraction of sp³-hybridized carbons (Fsp3) is 0.778. The highest BCUT2D eigenvalue weighted by Gasteiger charge is 2.59. The SMILES string of the molecule is CCO[C@@H]1C[C@@H](NC(=O)N2CCN(Cc3ccon3)CC2)C12CCC2. The van der Waals surface area contributed by atoms with Crippen LogP contribution in [0.1, 0.15) is 38.3 Å². The fourth-order valence-electron chi connectivity index (χ4n) is 4.54. The van der Waals surface area contributed by atoms with Gasteiger partial charge in [-0.1, -0.05) is 11.6 Å². The summed E-state index contributed by atoms with van der Waals surface area (Å²) in [6.07, 6.45) is 6.55. The van der Waals surface area contributed by atoms with Crippen molar-refractivity contribution < 1.29 is 14.1 Å². The molecule has 7 heteroatoms. The molecule has 0 aromatic carbocycles. The van der Waals surface area contributed by atoms with Gasteiger partial charge < -0.3 is 19.5 Å². The molecule has 1 aromatic heterocycles. The minimum Gasteiger partial charge on any atom is -0.378 e. The van der Waals surface area contributed by atoms with Crippen molar-refractivity contribution in [2.24, 2.45) is 5.41 Å². The van der Waals surface area contributed by atoms with Crippen LogP contribution in [0.25, 0.3) is 0 Å². The number of rotatable bonds is 5. The predicted octanol–water partition coefficient (Wildman–Crippen LogP) is 1.85. The Hall–Kier alpha value is -1.60. The van der Waals surface area contributed by atoms with Crippen LogP contribution in [0.2, 0.25) is 0 Å². The number of hydrogen-bond donors (Lipinski definition) is 1. The first-order valence-corrected chi connectivity index (χ1v) is 9.50. The van der Waals surface area contributed by atoms with Gasteiger partial charge in [0.25, 0.3) is 0 Å². The molecule has 0 bridgehead atoms. The fourth-order valence-corrected chi connectivity index (χ4v) is 4.54. The number of aromatic nitrogens is 1. The van der Waals surface area contributed by atoms with Crippen molar-refractivity contribution in [3.8, 4) is 0 Å². The number of piperazine rings is 1. The third-order valence-corrected chi connectivity index (χ3v) is 6.27. The molecule has 25 heavy (non-hydrogen) atoms. The number of nitrogens with zero attached hydrogens (tertiary/aromatic N) is 3. The Morgan fingerprint density at radius 3 is 2.80 bits per heavy atom. The van der Waals surface area contributed by atoms with Gasteiger partial charge in [-0.2, -0.15) is 0 Å². The molecule has 2 heterocycles. The molecule has 3 aliphatic rings. The van der Waals surface area contributed by atoms with Gasteiger partial charge >= 0.3 is 6.03 Å². The standard InChI is InChI=1S/C18H28N4O3/c1-2-24-16-12-15(18(16)5-3-6-18)19-17(23)22-9-7-21(8-10-22)13-14-4-11-25-20-14/h4,11,15-16H,2-3,5-10,12-13H2,1H3,(H,19,23)/t15-,16-/m1/s1. The van der Waals surface area contributed by atoms with E-state index in [1.165, 1.54) is 19.3 Å². The Kier molecular flexibility index (Phi) is 4.69. The first-order chi connectivity index (χ1) is 12.2. The van der Waals surface area contributed by atoms with Crippen molar-refractivity contribution in [2.45, 2.75) is 51.3 Å². The molecular formula is C18H28N4O3. The van der Waals surface area contributed by atoms with Gasteiger partial charge in [0.05, 0.1) is 11.8 Å². The zero-order valence-corrected chi connectivity index (χ0v) is 14.9. The van der Waals surface area contributed by atoms with Crippen LogP contribution in [0.15, 0.2) is 16.9 Å². The minimum absolute atomic E-state index is 0.0901. The highest BCUT2D eigenvalue weighted by molar-refractivity contribution is 5.75. The van der Waals surface area contributed by atoms with E-state index in [1.54, 1.807) is 6.26 Å². The molecular weight excluding hydrogens is 320 g/mol. The molecule has 2 aliphatic carbocycles. The molecule has 2 saturated carbocycles. The zero-order chi connectivity index (χ0) is 17.3. The van der Waals surface area contributed by atoms with E-state index in [2.05, 4.69) is 22.3 Å². The summed E-state index contributed by atoms with van der Waals surface area (Å²) in [6, 6.07) is 2.27. The highest BCUT2D eigenvalue weighted by Crippen LogP contribution is 2.57. The van der Waals surface area contributed by atoms with E-state index in [-0.39, 0.29) is 11.4 Å². The van der Waals surface area contributed by atoms with Crippen LogP contribution in [0, 0.1) is 5.41 Å². The van der Waals surface area contributed by atoms with Crippen molar-refractivity contribution in [3.63, 3.8) is 0 Å². The molecule has 1 spiro atoms. The summed E-state index contributed by atoms with van der Waals surface area (Å²) in [5.74, 6) is 0. The number of carbonyl (C=O) groups excluding carboxylic acids is 1. The number of nitrogens with one attached hydrogen (secondary N) is 1. The Morgan fingerprint density at radius 1 is 1.40 bits per heavy atom. The van der Waals surface area contributed by atoms with Crippen LogP contribution in [0.3, 0.4) is 0 Å². The molecule has 4 rings (SSSR count). The molecule has 1 aliphatic heterocycles. The average Bonchev–Trinajstić information content (AvgIpc) is 3.06. The first kappa shape index (κ1) is 16.8. The molecule has 1 aromatic rings. The van der Waals surface area contributed by atoms with Gasteiger partial charge in [-0.25, -0.2) is 4.79 Å². The summed E-state index contributed by atoms with van der Waals surface area (Å²) in [7, 11) is 0. The average molecular weight is 348 g/mol. The summed E-state index contributed by atoms with van der Waals surface area (Å²) >= 11 is 0. The molecule has 1 saturated heterocycles. The highest BCUT2D eigenvalue weighted by atomic mass is 16.5. The lowest BCUT2D eigenvalue weighted by Gasteiger charge is -2.61. The second-order valence-electron chi connectivity index (χ2n) is 7.52. The van der Waals surface area contributed by atoms with Crippen LogP contribution in [-0.2, 0) is 11.3 Å². The normalized spacial score (nSPS) is 28.4. The van der Waals surface area contributed by atoms with Crippen LogP contribution >= 0.6 is 0 Å². The largest absolute Gasteiger partial charge is 0.378 e. The maximum atomic E-state index is 12.6. The van der Waals surface area contributed by atoms with E-state index >= 15 is 0 Å². The van der Waals surface area contributed by atoms with E-state index in [9.17, 15) is 4.79 Å². The van der Waals surface area contributed by atoms with Crippen LogP contribution < -0.4 is 5.32 Å². The Balaban J connectivity index is 1.24. The lowest BCUT2D eigenvalue weighted by atomic mass is 9.51. The smallest absolute Gasteiger partial charge is 0.317 e. The Labute approximate surface area is 148 Å². The summed E-state index contributed by atoms with van der Waals surface area (Å²) in [4.78, 5) is 16.9. The van der Waals surface area contributed by atoms with Crippen molar-refractivity contribution in [1.82, 2.24) is 20.3 Å². The number of amides is 2. The molecule has 1 N–H and O–H groups in total. The lowest BCUT2D eigenvalue weighted by molar-refractivity contribution is -0.170. The Morgan fingerprint density at radius 2 is 2.20 bits per heavy atom. The number of carbonyl (C=O) groups is 1. The first-order valence-electron chi connectivity index (χ1n) is 9.50. The van der Waals surface area contributed by atoms with Crippen molar-refractivity contribution in [1.29, 1.82) is 0 Å². The van der Waals surface area contributed by atoms with Gasteiger partial charge in [-0.3, -0.25) is 4.90 Å². The maximum absolute atomic E-state index is 12.6. The quantitative estimate of drug-likeness (QED) is 0.879. The van der Waals surface area contributed by atoms with Crippen molar-refractivity contribution >= 4 is 6.03 Å². The summed E-state index contributed by atoms with van der Waals surface area (Å²) in [6.45, 7) is 6.87. The van der Waals surface area contributed by atoms with Gasteiger partial charge in [0.15, 0.2) is 0 Å². The minimum atomic E-state index is 0.0901. The van der Waals surface area contributed by atoms with Gasteiger partial charge in [0, 0.05) is 56.9 Å².